The van der Waals surface area contributed by atoms with Gasteiger partial charge in [-0.15, -0.1) is 0 Å². The second-order valence-electron chi connectivity index (χ2n) is 4.67. The van der Waals surface area contributed by atoms with Crippen LogP contribution in [0.25, 0.3) is 0 Å². The van der Waals surface area contributed by atoms with Gasteiger partial charge in [-0.3, -0.25) is 0 Å². The van der Waals surface area contributed by atoms with Gasteiger partial charge in [0.15, 0.2) is 0 Å². The molecule has 1 saturated heterocycles. The average molecular weight is 299 g/mol. The molecule has 1 fully saturated rings. The molecule has 0 saturated carbocycles. The fraction of sp³-hybridized carbons (Fsp3) is 0.615. The molecule has 1 aromatic heterocycles. The lowest BCUT2D eigenvalue weighted by atomic mass is 9.99. The first kappa shape index (κ1) is 12.8. The van der Waals surface area contributed by atoms with Crippen molar-refractivity contribution in [1.82, 2.24) is 4.98 Å². The lowest BCUT2D eigenvalue weighted by Crippen LogP contribution is -2.40. The Bertz CT molecular complexity index is 382. The van der Waals surface area contributed by atoms with Crippen LogP contribution < -0.4 is 4.90 Å². The Balaban J connectivity index is 2.23. The van der Waals surface area contributed by atoms with E-state index in [4.69, 9.17) is 5.11 Å². The second-order valence-corrected chi connectivity index (χ2v) is 5.53. The minimum Gasteiger partial charge on any atom is -0.396 e. The van der Waals surface area contributed by atoms with E-state index < -0.39 is 0 Å². The highest BCUT2D eigenvalue weighted by molar-refractivity contribution is 9.10. The maximum Gasteiger partial charge on any atom is 0.143 e. The molecular weight excluding hydrogens is 280 g/mol. The number of hydrogen-bond acceptors (Lipinski definition) is 3. The van der Waals surface area contributed by atoms with Crippen molar-refractivity contribution >= 4 is 21.7 Å². The van der Waals surface area contributed by atoms with Gasteiger partial charge in [-0.2, -0.15) is 0 Å². The van der Waals surface area contributed by atoms with Gasteiger partial charge in [0.05, 0.1) is 4.47 Å². The van der Waals surface area contributed by atoms with Crippen LogP contribution in [0.3, 0.4) is 0 Å². The van der Waals surface area contributed by atoms with Crippen LogP contribution in [0.4, 0.5) is 5.82 Å². The van der Waals surface area contributed by atoms with Gasteiger partial charge in [-0.05, 0) is 60.2 Å². The molecule has 17 heavy (non-hydrogen) atoms. The first-order chi connectivity index (χ1) is 8.22. The number of aliphatic hydroxyl groups excluding tert-OH is 1. The predicted octanol–water partition coefficient (Wildman–Crippen LogP) is 2.89. The summed E-state index contributed by atoms with van der Waals surface area (Å²) in [6, 6.07) is 2.53. The minimum atomic E-state index is 0.255. The van der Waals surface area contributed by atoms with Crippen LogP contribution in [0.2, 0.25) is 0 Å². The van der Waals surface area contributed by atoms with E-state index >= 15 is 0 Å². The van der Waals surface area contributed by atoms with E-state index in [1.54, 1.807) is 0 Å². The average Bonchev–Trinajstić information content (AvgIpc) is 2.31. The highest BCUT2D eigenvalue weighted by atomic mass is 79.9. The molecule has 1 unspecified atom stereocenters. The summed E-state index contributed by atoms with van der Waals surface area (Å²) < 4.78 is 1.06. The number of nitrogens with zero attached hydrogens (tertiary/aromatic N) is 2. The fourth-order valence-electron chi connectivity index (χ4n) is 2.47. The Kier molecular flexibility index (Phi) is 4.40. The van der Waals surface area contributed by atoms with Crippen molar-refractivity contribution in [3.63, 3.8) is 0 Å². The van der Waals surface area contributed by atoms with Crippen LogP contribution in [-0.4, -0.2) is 29.3 Å². The molecule has 2 rings (SSSR count). The summed E-state index contributed by atoms with van der Waals surface area (Å²) in [6.45, 7) is 3.34. The number of halogens is 1. The van der Waals surface area contributed by atoms with Crippen LogP contribution in [0, 0.1) is 6.92 Å². The van der Waals surface area contributed by atoms with Crippen LogP contribution in [-0.2, 0) is 0 Å². The lowest BCUT2D eigenvalue weighted by Gasteiger charge is -2.37. The van der Waals surface area contributed by atoms with E-state index in [1.807, 2.05) is 13.1 Å². The van der Waals surface area contributed by atoms with Gasteiger partial charge < -0.3 is 10.0 Å². The van der Waals surface area contributed by atoms with Crippen LogP contribution >= 0.6 is 15.9 Å². The molecule has 0 aliphatic carbocycles. The maximum atomic E-state index is 9.14. The van der Waals surface area contributed by atoms with Crippen LogP contribution in [0.5, 0.6) is 0 Å². The molecule has 0 amide bonds. The fourth-order valence-corrected chi connectivity index (χ4v) is 3.16. The summed E-state index contributed by atoms with van der Waals surface area (Å²) in [6.07, 6.45) is 6.36. The van der Waals surface area contributed by atoms with Crippen molar-refractivity contribution in [2.75, 3.05) is 18.1 Å². The zero-order valence-corrected chi connectivity index (χ0v) is 11.8. The van der Waals surface area contributed by atoms with Crippen molar-refractivity contribution < 1.29 is 5.11 Å². The summed E-state index contributed by atoms with van der Waals surface area (Å²) in [5.74, 6) is 1.02. The Morgan fingerprint density at radius 2 is 2.35 bits per heavy atom. The predicted molar refractivity (Wildman–Crippen MR) is 73.4 cm³/mol. The molecule has 1 aromatic rings. The number of aromatic nitrogens is 1. The monoisotopic (exact) mass is 298 g/mol. The third kappa shape index (κ3) is 2.99. The molecule has 0 aromatic carbocycles. The largest absolute Gasteiger partial charge is 0.396 e. The smallest absolute Gasteiger partial charge is 0.143 e. The van der Waals surface area contributed by atoms with Crippen molar-refractivity contribution in [1.29, 1.82) is 0 Å². The molecule has 94 valence electrons. The summed E-state index contributed by atoms with van der Waals surface area (Å²) in [4.78, 5) is 6.87. The van der Waals surface area contributed by atoms with E-state index in [1.165, 1.54) is 12.8 Å². The summed E-state index contributed by atoms with van der Waals surface area (Å²) in [5.41, 5.74) is 1.16. The van der Waals surface area contributed by atoms with Crippen molar-refractivity contribution in [3.05, 3.63) is 22.3 Å². The molecule has 1 aliphatic rings. The number of aliphatic hydroxyl groups is 1. The van der Waals surface area contributed by atoms with Crippen molar-refractivity contribution in [3.8, 4) is 0 Å². The Labute approximate surface area is 111 Å². The molecule has 1 aliphatic heterocycles. The lowest BCUT2D eigenvalue weighted by molar-refractivity contribution is 0.262. The normalized spacial score (nSPS) is 20.6. The first-order valence-electron chi connectivity index (χ1n) is 6.22. The molecule has 2 heterocycles. The SMILES string of the molecule is Cc1cnc(N2CCCCC2CCO)c(Br)c1. The Morgan fingerprint density at radius 1 is 1.53 bits per heavy atom. The number of rotatable bonds is 3. The van der Waals surface area contributed by atoms with Crippen LogP contribution in [0.15, 0.2) is 16.7 Å². The van der Waals surface area contributed by atoms with Gasteiger partial charge in [0, 0.05) is 25.4 Å². The van der Waals surface area contributed by atoms with Gasteiger partial charge in [-0.1, -0.05) is 0 Å². The molecule has 0 bridgehead atoms. The quantitative estimate of drug-likeness (QED) is 0.932. The first-order valence-corrected chi connectivity index (χ1v) is 7.01. The van der Waals surface area contributed by atoms with E-state index in [0.717, 1.165) is 35.2 Å². The number of piperidine rings is 1. The second kappa shape index (κ2) is 5.83. The standard InChI is InChI=1S/C13H19BrN2O/c1-10-8-12(14)13(15-9-10)16-6-3-2-4-11(16)5-7-17/h8-9,11,17H,2-7H2,1H3. The third-order valence-corrected chi connectivity index (χ3v) is 3.90. The van der Waals surface area contributed by atoms with Gasteiger partial charge in [-0.25, -0.2) is 4.98 Å². The number of hydrogen-bond donors (Lipinski definition) is 1. The van der Waals surface area contributed by atoms with E-state index in [-0.39, 0.29) is 6.61 Å². The third-order valence-electron chi connectivity index (χ3n) is 3.32. The summed E-state index contributed by atoms with van der Waals surface area (Å²) in [5, 5.41) is 9.14. The Hall–Kier alpha value is -0.610. The molecule has 1 N–H and O–H groups in total. The van der Waals surface area contributed by atoms with E-state index in [2.05, 4.69) is 31.9 Å². The van der Waals surface area contributed by atoms with Crippen molar-refractivity contribution in [2.24, 2.45) is 0 Å². The van der Waals surface area contributed by atoms with Crippen LogP contribution in [0.1, 0.15) is 31.2 Å². The van der Waals surface area contributed by atoms with E-state index in [9.17, 15) is 0 Å². The molecule has 0 radical (unpaired) electrons. The highest BCUT2D eigenvalue weighted by Gasteiger charge is 2.24. The molecule has 4 heteroatoms. The van der Waals surface area contributed by atoms with Gasteiger partial charge in [0.2, 0.25) is 0 Å². The van der Waals surface area contributed by atoms with E-state index in [0.29, 0.717) is 6.04 Å². The molecule has 0 spiro atoms. The Morgan fingerprint density at radius 3 is 3.06 bits per heavy atom. The molecule has 1 atom stereocenters. The maximum absolute atomic E-state index is 9.14. The zero-order valence-electron chi connectivity index (χ0n) is 10.2. The van der Waals surface area contributed by atoms with Gasteiger partial charge in [0.25, 0.3) is 0 Å². The number of aryl methyl sites for hydroxylation is 1. The molecular formula is C13H19BrN2O. The van der Waals surface area contributed by atoms with Crippen molar-refractivity contribution in [2.45, 2.75) is 38.6 Å². The number of pyridine rings is 1. The van der Waals surface area contributed by atoms with Gasteiger partial charge in [0.1, 0.15) is 5.82 Å². The molecule has 3 nitrogen and oxygen atoms in total. The number of anilines is 1. The highest BCUT2D eigenvalue weighted by Crippen LogP contribution is 2.30. The summed E-state index contributed by atoms with van der Waals surface area (Å²) in [7, 11) is 0. The van der Waals surface area contributed by atoms with Gasteiger partial charge >= 0.3 is 0 Å². The minimum absolute atomic E-state index is 0.255. The summed E-state index contributed by atoms with van der Waals surface area (Å²) >= 11 is 3.59. The zero-order chi connectivity index (χ0) is 12.3. The topological polar surface area (TPSA) is 36.4 Å².